The van der Waals surface area contributed by atoms with Gasteiger partial charge in [-0.3, -0.25) is 9.78 Å². The first-order valence-electron chi connectivity index (χ1n) is 7.56. The van der Waals surface area contributed by atoms with Crippen molar-refractivity contribution in [2.45, 2.75) is 26.3 Å². The van der Waals surface area contributed by atoms with Crippen LogP contribution in [-0.4, -0.2) is 30.5 Å². The normalized spacial score (nSPS) is 11.0. The molecule has 1 amide bonds. The predicted octanol–water partition coefficient (Wildman–Crippen LogP) is 3.42. The van der Waals surface area contributed by atoms with Gasteiger partial charge in [-0.15, -0.1) is 0 Å². The molecule has 0 fully saturated rings. The third-order valence-electron chi connectivity index (χ3n) is 3.16. The van der Waals surface area contributed by atoms with Gasteiger partial charge in [-0.05, 0) is 51.1 Å². The molecule has 0 spiro atoms. The molecule has 0 atom stereocenters. The molecule has 0 aliphatic carbocycles. The summed E-state index contributed by atoms with van der Waals surface area (Å²) in [7, 11) is 4.01. The average Bonchev–Trinajstić information content (AvgIpc) is 2.46. The molecule has 1 heterocycles. The smallest absolute Gasteiger partial charge is 0.253 e. The summed E-state index contributed by atoms with van der Waals surface area (Å²) in [4.78, 5) is 18.4. The van der Waals surface area contributed by atoms with Crippen LogP contribution in [-0.2, 0) is 0 Å². The number of nitrogens with zero attached hydrogens (tertiary/aromatic N) is 2. The average molecular weight is 312 g/mol. The Morgan fingerprint density at radius 3 is 2.26 bits per heavy atom. The minimum Gasteiger partial charge on any atom is -0.378 e. The molecule has 0 aliphatic heterocycles. The number of hydrogen-bond donors (Lipinski definition) is 2. The van der Waals surface area contributed by atoms with Crippen LogP contribution in [0, 0.1) is 0 Å². The Bertz CT molecular complexity index is 672. The lowest BCUT2D eigenvalue weighted by Crippen LogP contribution is -2.40. The fourth-order valence-corrected chi connectivity index (χ4v) is 2.05. The van der Waals surface area contributed by atoms with Gasteiger partial charge in [0.25, 0.3) is 5.91 Å². The molecule has 2 N–H and O–H groups in total. The summed E-state index contributed by atoms with van der Waals surface area (Å²) >= 11 is 0. The molecular weight excluding hydrogens is 288 g/mol. The number of rotatable bonds is 4. The van der Waals surface area contributed by atoms with E-state index in [0.29, 0.717) is 5.56 Å². The monoisotopic (exact) mass is 312 g/mol. The second-order valence-electron chi connectivity index (χ2n) is 6.73. The highest BCUT2D eigenvalue weighted by atomic mass is 16.1. The van der Waals surface area contributed by atoms with Gasteiger partial charge in [0.2, 0.25) is 0 Å². The highest BCUT2D eigenvalue weighted by Crippen LogP contribution is 2.20. The van der Waals surface area contributed by atoms with Crippen molar-refractivity contribution in [1.82, 2.24) is 10.3 Å². The van der Waals surface area contributed by atoms with Gasteiger partial charge in [-0.25, -0.2) is 0 Å². The second kappa shape index (κ2) is 6.69. The van der Waals surface area contributed by atoms with Crippen molar-refractivity contribution in [3.63, 3.8) is 0 Å². The summed E-state index contributed by atoms with van der Waals surface area (Å²) in [5.41, 5.74) is 3.12. The van der Waals surface area contributed by atoms with E-state index in [1.165, 1.54) is 0 Å². The maximum atomic E-state index is 12.2. The van der Waals surface area contributed by atoms with Gasteiger partial charge in [0, 0.05) is 37.2 Å². The van der Waals surface area contributed by atoms with Gasteiger partial charge in [-0.1, -0.05) is 0 Å². The number of anilines is 3. The van der Waals surface area contributed by atoms with Gasteiger partial charge in [0.15, 0.2) is 0 Å². The standard InChI is InChI=1S/C18H24N4O/c1-18(2,3)21-17(23)13-10-15(12-19-11-13)20-14-6-8-16(9-7-14)22(4)5/h6-12,20H,1-5H3,(H,21,23). The maximum Gasteiger partial charge on any atom is 0.253 e. The van der Waals surface area contributed by atoms with Gasteiger partial charge in [0.05, 0.1) is 17.4 Å². The number of amides is 1. The third-order valence-corrected chi connectivity index (χ3v) is 3.16. The van der Waals surface area contributed by atoms with Crippen LogP contribution in [0.5, 0.6) is 0 Å². The molecule has 0 aliphatic rings. The van der Waals surface area contributed by atoms with Crippen LogP contribution in [0.25, 0.3) is 0 Å². The molecule has 2 aromatic rings. The van der Waals surface area contributed by atoms with Crippen LogP contribution in [0.4, 0.5) is 17.1 Å². The van der Waals surface area contributed by atoms with Crippen molar-refractivity contribution < 1.29 is 4.79 Å². The molecular formula is C18H24N4O. The van der Waals surface area contributed by atoms with Crippen molar-refractivity contribution in [1.29, 1.82) is 0 Å². The van der Waals surface area contributed by atoms with E-state index in [1.54, 1.807) is 18.5 Å². The van der Waals surface area contributed by atoms with Crippen molar-refractivity contribution >= 4 is 23.0 Å². The lowest BCUT2D eigenvalue weighted by Gasteiger charge is -2.20. The van der Waals surface area contributed by atoms with Gasteiger partial charge in [-0.2, -0.15) is 0 Å². The van der Waals surface area contributed by atoms with Crippen molar-refractivity contribution in [3.8, 4) is 0 Å². The molecule has 122 valence electrons. The zero-order valence-electron chi connectivity index (χ0n) is 14.3. The van der Waals surface area contributed by atoms with Crippen LogP contribution in [0.3, 0.4) is 0 Å². The summed E-state index contributed by atoms with van der Waals surface area (Å²) in [6, 6.07) is 9.86. The molecule has 23 heavy (non-hydrogen) atoms. The van der Waals surface area contributed by atoms with Crippen LogP contribution in [0.2, 0.25) is 0 Å². The Morgan fingerprint density at radius 1 is 1.04 bits per heavy atom. The van der Waals surface area contributed by atoms with E-state index in [0.717, 1.165) is 17.1 Å². The van der Waals surface area contributed by atoms with E-state index in [4.69, 9.17) is 0 Å². The predicted molar refractivity (Wildman–Crippen MR) is 95.5 cm³/mol. The number of nitrogens with one attached hydrogen (secondary N) is 2. The zero-order chi connectivity index (χ0) is 17.0. The second-order valence-corrected chi connectivity index (χ2v) is 6.73. The van der Waals surface area contributed by atoms with Crippen molar-refractivity contribution in [3.05, 3.63) is 48.3 Å². The first-order chi connectivity index (χ1) is 10.7. The summed E-state index contributed by atoms with van der Waals surface area (Å²) < 4.78 is 0. The largest absolute Gasteiger partial charge is 0.378 e. The Labute approximate surface area is 137 Å². The Morgan fingerprint density at radius 2 is 1.70 bits per heavy atom. The summed E-state index contributed by atoms with van der Waals surface area (Å²) in [6.45, 7) is 5.85. The Hall–Kier alpha value is -2.56. The van der Waals surface area contributed by atoms with E-state index >= 15 is 0 Å². The SMILES string of the molecule is CN(C)c1ccc(Nc2cncc(C(=O)NC(C)(C)C)c2)cc1. The molecule has 0 unspecified atom stereocenters. The van der Waals surface area contributed by atoms with Crippen LogP contribution in [0.15, 0.2) is 42.7 Å². The zero-order valence-corrected chi connectivity index (χ0v) is 14.3. The molecule has 1 aromatic heterocycles. The lowest BCUT2D eigenvalue weighted by atomic mass is 10.1. The highest BCUT2D eigenvalue weighted by molar-refractivity contribution is 5.95. The third kappa shape index (κ3) is 4.98. The minimum absolute atomic E-state index is 0.128. The molecule has 1 aromatic carbocycles. The summed E-state index contributed by atoms with van der Waals surface area (Å²) in [5, 5.41) is 6.20. The fraction of sp³-hybridized carbons (Fsp3) is 0.333. The molecule has 5 nitrogen and oxygen atoms in total. The van der Waals surface area contributed by atoms with Gasteiger partial charge in [0.1, 0.15) is 0 Å². The number of benzene rings is 1. The lowest BCUT2D eigenvalue weighted by molar-refractivity contribution is 0.0919. The molecule has 0 radical (unpaired) electrons. The van der Waals surface area contributed by atoms with E-state index in [2.05, 4.69) is 15.6 Å². The topological polar surface area (TPSA) is 57.3 Å². The first kappa shape index (κ1) is 16.8. The van der Waals surface area contributed by atoms with E-state index in [-0.39, 0.29) is 11.4 Å². The van der Waals surface area contributed by atoms with E-state index in [1.807, 2.05) is 64.0 Å². The van der Waals surface area contributed by atoms with Gasteiger partial charge >= 0.3 is 0 Å². The molecule has 5 heteroatoms. The number of pyridine rings is 1. The van der Waals surface area contributed by atoms with E-state index in [9.17, 15) is 4.79 Å². The first-order valence-corrected chi connectivity index (χ1v) is 7.56. The minimum atomic E-state index is -0.275. The Balaban J connectivity index is 2.12. The number of hydrogen-bond acceptors (Lipinski definition) is 4. The van der Waals surface area contributed by atoms with Crippen LogP contribution < -0.4 is 15.5 Å². The van der Waals surface area contributed by atoms with Crippen LogP contribution >= 0.6 is 0 Å². The van der Waals surface area contributed by atoms with E-state index < -0.39 is 0 Å². The number of carbonyl (C=O) groups is 1. The number of aromatic nitrogens is 1. The Kier molecular flexibility index (Phi) is 4.89. The molecule has 0 bridgehead atoms. The van der Waals surface area contributed by atoms with Crippen molar-refractivity contribution in [2.24, 2.45) is 0 Å². The molecule has 2 rings (SSSR count). The number of carbonyl (C=O) groups excluding carboxylic acids is 1. The van der Waals surface area contributed by atoms with Crippen molar-refractivity contribution in [2.75, 3.05) is 24.3 Å². The van der Waals surface area contributed by atoms with Gasteiger partial charge < -0.3 is 15.5 Å². The maximum absolute atomic E-state index is 12.2. The quantitative estimate of drug-likeness (QED) is 0.908. The summed E-state index contributed by atoms with van der Waals surface area (Å²) in [5.74, 6) is -0.128. The summed E-state index contributed by atoms with van der Waals surface area (Å²) in [6.07, 6.45) is 3.27. The fourth-order valence-electron chi connectivity index (χ4n) is 2.05. The molecule has 0 saturated carbocycles. The van der Waals surface area contributed by atoms with Crippen LogP contribution in [0.1, 0.15) is 31.1 Å². The highest BCUT2D eigenvalue weighted by Gasteiger charge is 2.15. The molecule has 0 saturated heterocycles.